The molecule has 0 N–H and O–H groups in total. The van der Waals surface area contributed by atoms with E-state index in [0.29, 0.717) is 0 Å². The van der Waals surface area contributed by atoms with Crippen molar-refractivity contribution in [1.82, 2.24) is 14.7 Å². The van der Waals surface area contributed by atoms with Gasteiger partial charge in [0.1, 0.15) is 0 Å². The van der Waals surface area contributed by atoms with Crippen LogP contribution >= 0.6 is 11.3 Å². The van der Waals surface area contributed by atoms with Gasteiger partial charge in [-0.25, -0.2) is 0 Å². The van der Waals surface area contributed by atoms with E-state index in [-0.39, 0.29) is 11.8 Å². The van der Waals surface area contributed by atoms with Crippen LogP contribution in [0.2, 0.25) is 0 Å². The van der Waals surface area contributed by atoms with Crippen LogP contribution in [0, 0.1) is 0 Å². The highest BCUT2D eigenvalue weighted by atomic mass is 32.1. The monoisotopic (exact) mass is 411 g/mol. The van der Waals surface area contributed by atoms with Crippen LogP contribution in [-0.4, -0.2) is 71.8 Å². The van der Waals surface area contributed by atoms with Crippen molar-refractivity contribution in [3.63, 3.8) is 0 Å². The van der Waals surface area contributed by atoms with Gasteiger partial charge in [0.2, 0.25) is 0 Å². The Morgan fingerprint density at radius 3 is 2.24 bits per heavy atom. The molecule has 29 heavy (non-hydrogen) atoms. The highest BCUT2D eigenvalue weighted by Crippen LogP contribution is 2.30. The number of nitrogens with zero attached hydrogens (tertiary/aromatic N) is 3. The number of carbonyl (C=O) groups excluding carboxylic acids is 2. The van der Waals surface area contributed by atoms with Crippen molar-refractivity contribution in [3.8, 4) is 0 Å². The van der Waals surface area contributed by atoms with Crippen molar-refractivity contribution < 1.29 is 9.59 Å². The lowest BCUT2D eigenvalue weighted by Crippen LogP contribution is -2.53. The predicted octanol–water partition coefficient (Wildman–Crippen LogP) is 3.84. The largest absolute Gasteiger partial charge is 0.339 e. The highest BCUT2D eigenvalue weighted by Gasteiger charge is 2.30. The number of fused-ring (bicyclic) bond motifs is 1. The molecule has 6 heteroatoms. The van der Waals surface area contributed by atoms with Crippen molar-refractivity contribution in [1.29, 1.82) is 0 Å². The molecule has 1 aliphatic carbocycles. The third kappa shape index (κ3) is 3.68. The minimum absolute atomic E-state index is 0.123. The average Bonchev–Trinajstić information content (AvgIpc) is 3.16. The molecule has 1 aromatic heterocycles. The third-order valence-corrected chi connectivity index (χ3v) is 7.83. The van der Waals surface area contributed by atoms with Crippen LogP contribution in [0.5, 0.6) is 0 Å². The van der Waals surface area contributed by atoms with E-state index >= 15 is 0 Å². The fourth-order valence-corrected chi connectivity index (χ4v) is 5.79. The molecule has 3 heterocycles. The average molecular weight is 412 g/mol. The molecule has 2 aliphatic heterocycles. The summed E-state index contributed by atoms with van der Waals surface area (Å²) in [6.45, 7) is 5.34. The number of hydrogen-bond donors (Lipinski definition) is 0. The number of carbonyl (C=O) groups is 2. The van der Waals surface area contributed by atoms with Crippen molar-refractivity contribution >= 4 is 33.2 Å². The highest BCUT2D eigenvalue weighted by molar-refractivity contribution is 7.17. The molecule has 2 amide bonds. The Kier molecular flexibility index (Phi) is 5.31. The van der Waals surface area contributed by atoms with Crippen LogP contribution in [0.25, 0.3) is 10.1 Å². The van der Waals surface area contributed by atoms with Gasteiger partial charge in [0, 0.05) is 66.3 Å². The normalized spacial score (nSPS) is 21.4. The summed E-state index contributed by atoms with van der Waals surface area (Å²) < 4.78 is 1.03. The number of thiophene rings is 1. The Bertz CT molecular complexity index is 906. The van der Waals surface area contributed by atoms with Crippen LogP contribution in [0.1, 0.15) is 59.2 Å². The van der Waals surface area contributed by atoms with E-state index in [4.69, 9.17) is 0 Å². The van der Waals surface area contributed by atoms with Crippen molar-refractivity contribution in [2.75, 3.05) is 39.3 Å². The Morgan fingerprint density at radius 2 is 1.55 bits per heavy atom. The van der Waals surface area contributed by atoms with Crippen LogP contribution in [0.3, 0.4) is 0 Å². The number of piperidine rings is 1. The summed E-state index contributed by atoms with van der Waals surface area (Å²) in [7, 11) is 0. The van der Waals surface area contributed by atoms with Gasteiger partial charge in [-0.3, -0.25) is 14.5 Å². The summed E-state index contributed by atoms with van der Waals surface area (Å²) in [5, 5.41) is 2.95. The number of rotatable bonds is 3. The maximum atomic E-state index is 13.0. The molecule has 0 bridgehead atoms. The van der Waals surface area contributed by atoms with Crippen LogP contribution in [0.15, 0.2) is 23.6 Å². The second-order valence-electron chi connectivity index (χ2n) is 8.63. The van der Waals surface area contributed by atoms with Crippen molar-refractivity contribution in [2.45, 2.75) is 44.6 Å². The Morgan fingerprint density at radius 1 is 0.828 bits per heavy atom. The van der Waals surface area contributed by atoms with Crippen LogP contribution in [-0.2, 0) is 0 Å². The second kappa shape index (κ2) is 8.07. The van der Waals surface area contributed by atoms with Crippen molar-refractivity contribution in [3.05, 3.63) is 34.7 Å². The molecule has 0 unspecified atom stereocenters. The molecule has 1 saturated carbocycles. The van der Waals surface area contributed by atoms with Crippen molar-refractivity contribution in [2.24, 2.45) is 0 Å². The topological polar surface area (TPSA) is 43.9 Å². The molecule has 0 spiro atoms. The number of benzene rings is 1. The Hall–Kier alpha value is -1.92. The minimum atomic E-state index is 0.123. The minimum Gasteiger partial charge on any atom is -0.339 e. The zero-order valence-corrected chi connectivity index (χ0v) is 17.8. The number of amides is 2. The zero-order valence-electron chi connectivity index (χ0n) is 16.9. The van der Waals surface area contributed by atoms with E-state index in [1.165, 1.54) is 25.7 Å². The van der Waals surface area contributed by atoms with Gasteiger partial charge < -0.3 is 9.80 Å². The molecule has 2 saturated heterocycles. The number of likely N-dealkylation sites (tertiary alicyclic amines) is 1. The second-order valence-corrected chi connectivity index (χ2v) is 9.54. The quantitative estimate of drug-likeness (QED) is 0.771. The van der Waals surface area contributed by atoms with Crippen LogP contribution < -0.4 is 0 Å². The lowest BCUT2D eigenvalue weighted by Gasteiger charge is -2.42. The van der Waals surface area contributed by atoms with E-state index in [1.807, 2.05) is 33.4 Å². The van der Waals surface area contributed by atoms with Gasteiger partial charge in [-0.15, -0.1) is 11.3 Å². The van der Waals surface area contributed by atoms with E-state index in [0.717, 1.165) is 79.4 Å². The first-order valence-corrected chi connectivity index (χ1v) is 11.9. The van der Waals surface area contributed by atoms with E-state index in [9.17, 15) is 9.59 Å². The Labute approximate surface area is 176 Å². The SMILES string of the molecule is O=C(c1ccc2c(C(=O)N3CCCCC3)csc2c1)N1CCN(C2CCC2)CC1. The number of piperazine rings is 1. The summed E-state index contributed by atoms with van der Waals surface area (Å²) in [4.78, 5) is 32.5. The molecule has 2 aromatic rings. The van der Waals surface area contributed by atoms with Gasteiger partial charge >= 0.3 is 0 Å². The summed E-state index contributed by atoms with van der Waals surface area (Å²) >= 11 is 1.57. The predicted molar refractivity (Wildman–Crippen MR) is 117 cm³/mol. The van der Waals surface area contributed by atoms with E-state index in [1.54, 1.807) is 11.3 Å². The summed E-state index contributed by atoms with van der Waals surface area (Å²) in [6.07, 6.45) is 7.41. The molecule has 0 radical (unpaired) electrons. The molecule has 0 atom stereocenters. The summed E-state index contributed by atoms with van der Waals surface area (Å²) in [5.41, 5.74) is 1.54. The lowest BCUT2D eigenvalue weighted by atomic mass is 9.91. The van der Waals surface area contributed by atoms with Gasteiger partial charge in [-0.1, -0.05) is 12.5 Å². The molecule has 5 nitrogen and oxygen atoms in total. The first-order valence-electron chi connectivity index (χ1n) is 11.0. The number of hydrogen-bond acceptors (Lipinski definition) is 4. The van der Waals surface area contributed by atoms with Gasteiger partial charge in [0.25, 0.3) is 11.8 Å². The molecule has 154 valence electrons. The first kappa shape index (κ1) is 19.1. The van der Waals surface area contributed by atoms with E-state index < -0.39 is 0 Å². The molecular formula is C23H29N3O2S. The molecule has 3 aliphatic rings. The molecular weight excluding hydrogens is 382 g/mol. The van der Waals surface area contributed by atoms with E-state index in [2.05, 4.69) is 4.90 Å². The lowest BCUT2D eigenvalue weighted by molar-refractivity contribution is 0.0455. The fraction of sp³-hybridized carbons (Fsp3) is 0.565. The fourth-order valence-electron chi connectivity index (χ4n) is 4.82. The maximum absolute atomic E-state index is 13.0. The zero-order chi connectivity index (χ0) is 19.8. The van der Waals surface area contributed by atoms with Gasteiger partial charge in [0.05, 0.1) is 5.56 Å². The molecule has 3 fully saturated rings. The van der Waals surface area contributed by atoms with Gasteiger partial charge in [-0.05, 0) is 44.2 Å². The first-order chi connectivity index (χ1) is 14.2. The van der Waals surface area contributed by atoms with Crippen LogP contribution in [0.4, 0.5) is 0 Å². The van der Waals surface area contributed by atoms with Gasteiger partial charge in [0.15, 0.2) is 0 Å². The summed E-state index contributed by atoms with van der Waals surface area (Å²) in [5.74, 6) is 0.264. The standard InChI is InChI=1S/C23H29N3O2S/c27-22(26-13-11-24(12-14-26)18-5-4-6-18)17-7-8-19-20(16-29-21(19)15-17)23(28)25-9-2-1-3-10-25/h7-8,15-16,18H,1-6,9-14H2. The Balaban J connectivity index is 1.29. The molecule has 5 rings (SSSR count). The third-order valence-electron chi connectivity index (χ3n) is 6.89. The smallest absolute Gasteiger partial charge is 0.255 e. The summed E-state index contributed by atoms with van der Waals surface area (Å²) in [6, 6.07) is 6.61. The van der Waals surface area contributed by atoms with Gasteiger partial charge in [-0.2, -0.15) is 0 Å². The maximum Gasteiger partial charge on any atom is 0.255 e. The molecule has 1 aromatic carbocycles.